The Hall–Kier alpha value is -1.71. The number of aromatic nitrogens is 2. The van der Waals surface area contributed by atoms with Gasteiger partial charge in [-0.2, -0.15) is 10.4 Å². The molecular formula is C14H21N5O. The lowest BCUT2D eigenvalue weighted by Gasteiger charge is -2.32. The number of hydrogen-bond acceptors (Lipinski definition) is 6. The van der Waals surface area contributed by atoms with Gasteiger partial charge in [0.1, 0.15) is 11.6 Å². The van der Waals surface area contributed by atoms with Crippen LogP contribution in [-0.4, -0.2) is 54.0 Å². The molecule has 108 valence electrons. The van der Waals surface area contributed by atoms with Crippen LogP contribution < -0.4 is 5.32 Å². The van der Waals surface area contributed by atoms with E-state index in [-0.39, 0.29) is 0 Å². The zero-order valence-corrected chi connectivity index (χ0v) is 12.3. The van der Waals surface area contributed by atoms with Gasteiger partial charge in [-0.05, 0) is 26.3 Å². The first kappa shape index (κ1) is 14.7. The molecule has 0 unspecified atom stereocenters. The predicted octanol–water partition coefficient (Wildman–Crippen LogP) is 1.10. The van der Waals surface area contributed by atoms with Crippen molar-refractivity contribution in [3.05, 3.63) is 16.8 Å². The summed E-state index contributed by atoms with van der Waals surface area (Å²) >= 11 is 0. The first-order chi connectivity index (χ1) is 9.63. The average molecular weight is 275 g/mol. The van der Waals surface area contributed by atoms with Gasteiger partial charge in [0, 0.05) is 25.7 Å². The molecule has 0 amide bonds. The summed E-state index contributed by atoms with van der Waals surface area (Å²) in [7, 11) is 0. The zero-order valence-electron chi connectivity index (χ0n) is 12.3. The van der Waals surface area contributed by atoms with E-state index in [1.165, 1.54) is 0 Å². The fourth-order valence-electron chi connectivity index (χ4n) is 2.26. The molecule has 2 heterocycles. The molecule has 0 bridgehead atoms. The van der Waals surface area contributed by atoms with Crippen LogP contribution in [0.5, 0.6) is 0 Å². The zero-order chi connectivity index (χ0) is 14.5. The third kappa shape index (κ3) is 3.24. The minimum atomic E-state index is 0.369. The quantitative estimate of drug-likeness (QED) is 0.887. The normalized spacial score (nSPS) is 17.5. The summed E-state index contributed by atoms with van der Waals surface area (Å²) in [6.45, 7) is 10.2. The van der Waals surface area contributed by atoms with E-state index < -0.39 is 0 Å². The van der Waals surface area contributed by atoms with Crippen molar-refractivity contribution in [2.24, 2.45) is 0 Å². The van der Waals surface area contributed by atoms with E-state index in [1.54, 1.807) is 0 Å². The average Bonchev–Trinajstić information content (AvgIpc) is 2.49. The van der Waals surface area contributed by atoms with Crippen LogP contribution in [0.2, 0.25) is 0 Å². The van der Waals surface area contributed by atoms with E-state index in [1.807, 2.05) is 13.8 Å². The van der Waals surface area contributed by atoms with Gasteiger partial charge >= 0.3 is 0 Å². The fraction of sp³-hybridized carbons (Fsp3) is 0.643. The molecule has 1 aliphatic rings. The Morgan fingerprint density at radius 2 is 2.05 bits per heavy atom. The lowest BCUT2D eigenvalue weighted by Crippen LogP contribution is -2.45. The first-order valence-corrected chi connectivity index (χ1v) is 6.93. The van der Waals surface area contributed by atoms with E-state index >= 15 is 0 Å². The molecule has 0 radical (unpaired) electrons. The highest BCUT2D eigenvalue weighted by atomic mass is 16.5. The molecule has 1 aromatic heterocycles. The first-order valence-electron chi connectivity index (χ1n) is 6.93. The maximum absolute atomic E-state index is 9.25. The molecule has 1 saturated heterocycles. The molecular weight excluding hydrogens is 254 g/mol. The molecule has 0 aliphatic carbocycles. The van der Waals surface area contributed by atoms with Crippen molar-refractivity contribution in [1.29, 1.82) is 5.26 Å². The molecule has 2 rings (SSSR count). The number of aryl methyl sites for hydroxylation is 1. The minimum absolute atomic E-state index is 0.369. The van der Waals surface area contributed by atoms with Gasteiger partial charge < -0.3 is 10.1 Å². The van der Waals surface area contributed by atoms with Crippen LogP contribution in [0.1, 0.15) is 23.7 Å². The van der Waals surface area contributed by atoms with E-state index in [0.717, 1.165) is 44.1 Å². The van der Waals surface area contributed by atoms with Crippen LogP contribution in [0.15, 0.2) is 0 Å². The number of morpholine rings is 1. The maximum Gasteiger partial charge on any atom is 0.166 e. The molecule has 1 aromatic rings. The summed E-state index contributed by atoms with van der Waals surface area (Å²) < 4.78 is 5.35. The van der Waals surface area contributed by atoms with E-state index in [9.17, 15) is 5.26 Å². The Morgan fingerprint density at radius 1 is 1.35 bits per heavy atom. The highest BCUT2D eigenvalue weighted by Gasteiger charge is 2.18. The van der Waals surface area contributed by atoms with Crippen LogP contribution >= 0.6 is 0 Å². The van der Waals surface area contributed by atoms with Gasteiger partial charge in [-0.15, -0.1) is 5.10 Å². The van der Waals surface area contributed by atoms with Gasteiger partial charge in [-0.25, -0.2) is 0 Å². The van der Waals surface area contributed by atoms with Crippen molar-refractivity contribution in [2.45, 2.75) is 26.8 Å². The number of hydrogen-bond donors (Lipinski definition) is 1. The van der Waals surface area contributed by atoms with Gasteiger partial charge in [0.2, 0.25) is 0 Å². The summed E-state index contributed by atoms with van der Waals surface area (Å²) in [6, 6.07) is 2.58. The lowest BCUT2D eigenvalue weighted by molar-refractivity contribution is 0.0227. The van der Waals surface area contributed by atoms with Crippen molar-refractivity contribution in [1.82, 2.24) is 15.1 Å². The molecule has 1 aliphatic heterocycles. The Morgan fingerprint density at radius 3 is 2.70 bits per heavy atom. The predicted molar refractivity (Wildman–Crippen MR) is 76.6 cm³/mol. The maximum atomic E-state index is 9.25. The Kier molecular flexibility index (Phi) is 4.88. The largest absolute Gasteiger partial charge is 0.379 e. The van der Waals surface area contributed by atoms with Crippen molar-refractivity contribution < 1.29 is 4.74 Å². The number of nitriles is 1. The number of nitrogens with zero attached hydrogens (tertiary/aromatic N) is 4. The van der Waals surface area contributed by atoms with Crippen LogP contribution in [0.4, 0.5) is 5.82 Å². The standard InChI is InChI=1S/C14H21N5O/c1-10(19-4-6-20-7-5-19)9-16-14-13(8-15)11(2)12(3)17-18-14/h10H,4-7,9H2,1-3H3,(H,16,18)/t10-/m0/s1. The highest BCUT2D eigenvalue weighted by Crippen LogP contribution is 2.17. The topological polar surface area (TPSA) is 74.1 Å². The third-order valence-electron chi connectivity index (χ3n) is 3.80. The molecule has 6 nitrogen and oxygen atoms in total. The minimum Gasteiger partial charge on any atom is -0.379 e. The summed E-state index contributed by atoms with van der Waals surface area (Å²) in [6.07, 6.45) is 0. The van der Waals surface area contributed by atoms with Gasteiger partial charge in [0.25, 0.3) is 0 Å². The second-order valence-corrected chi connectivity index (χ2v) is 5.12. The molecule has 0 spiro atoms. The number of nitrogens with one attached hydrogen (secondary N) is 1. The smallest absolute Gasteiger partial charge is 0.166 e. The van der Waals surface area contributed by atoms with E-state index in [0.29, 0.717) is 17.4 Å². The number of rotatable bonds is 4. The molecule has 20 heavy (non-hydrogen) atoms. The van der Waals surface area contributed by atoms with E-state index in [4.69, 9.17) is 4.74 Å². The van der Waals surface area contributed by atoms with Crippen LogP contribution in [-0.2, 0) is 4.74 Å². The van der Waals surface area contributed by atoms with Gasteiger partial charge in [0.15, 0.2) is 5.82 Å². The van der Waals surface area contributed by atoms with Gasteiger partial charge in [-0.1, -0.05) is 0 Å². The molecule has 1 atom stereocenters. The second-order valence-electron chi connectivity index (χ2n) is 5.12. The van der Waals surface area contributed by atoms with Crippen LogP contribution in [0.3, 0.4) is 0 Å². The Balaban J connectivity index is 2.00. The summed E-state index contributed by atoms with van der Waals surface area (Å²) in [5.74, 6) is 0.579. The van der Waals surface area contributed by atoms with Crippen molar-refractivity contribution in [3.63, 3.8) is 0 Å². The highest BCUT2D eigenvalue weighted by molar-refractivity contribution is 5.55. The fourth-order valence-corrected chi connectivity index (χ4v) is 2.26. The van der Waals surface area contributed by atoms with Crippen molar-refractivity contribution in [3.8, 4) is 6.07 Å². The molecule has 1 fully saturated rings. The van der Waals surface area contributed by atoms with Crippen LogP contribution in [0, 0.1) is 25.2 Å². The second kappa shape index (κ2) is 6.64. The number of ether oxygens (including phenoxy) is 1. The molecule has 6 heteroatoms. The SMILES string of the molecule is Cc1nnc(NC[C@H](C)N2CCOCC2)c(C#N)c1C. The molecule has 1 N–H and O–H groups in total. The van der Waals surface area contributed by atoms with Crippen molar-refractivity contribution >= 4 is 5.82 Å². The van der Waals surface area contributed by atoms with Gasteiger partial charge in [-0.3, -0.25) is 4.90 Å². The van der Waals surface area contributed by atoms with E-state index in [2.05, 4.69) is 33.4 Å². The monoisotopic (exact) mass is 275 g/mol. The lowest BCUT2D eigenvalue weighted by atomic mass is 10.1. The third-order valence-corrected chi connectivity index (χ3v) is 3.80. The van der Waals surface area contributed by atoms with Gasteiger partial charge in [0.05, 0.1) is 18.9 Å². The molecule has 0 aromatic carbocycles. The summed E-state index contributed by atoms with van der Waals surface area (Å²) in [5.41, 5.74) is 2.28. The summed E-state index contributed by atoms with van der Waals surface area (Å²) in [4.78, 5) is 2.37. The number of anilines is 1. The molecule has 0 saturated carbocycles. The Labute approximate surface area is 119 Å². The summed E-state index contributed by atoms with van der Waals surface area (Å²) in [5, 5.41) is 20.7. The Bertz CT molecular complexity index is 505. The van der Waals surface area contributed by atoms with Crippen LogP contribution in [0.25, 0.3) is 0 Å². The van der Waals surface area contributed by atoms with Crippen molar-refractivity contribution in [2.75, 3.05) is 38.2 Å².